The second kappa shape index (κ2) is 8.70. The van der Waals surface area contributed by atoms with Crippen LogP contribution in [0, 0.1) is 0 Å². The number of hydrogen-bond donors (Lipinski definition) is 1. The number of halogens is 2. The number of carbonyl (C=O) groups excluding carboxylic acids is 2. The maximum atomic E-state index is 11.8. The summed E-state index contributed by atoms with van der Waals surface area (Å²) in [6.07, 6.45) is 0.396. The molecule has 0 saturated heterocycles. The van der Waals surface area contributed by atoms with Crippen molar-refractivity contribution in [1.29, 1.82) is 0 Å². The van der Waals surface area contributed by atoms with Crippen molar-refractivity contribution >= 4 is 45.1 Å². The Morgan fingerprint density at radius 2 is 1.88 bits per heavy atom. The van der Waals surface area contributed by atoms with Gasteiger partial charge in [0.2, 0.25) is 5.91 Å². The zero-order chi connectivity index (χ0) is 17.5. The molecule has 2 aromatic carbocycles. The lowest BCUT2D eigenvalue weighted by Crippen LogP contribution is -2.17. The van der Waals surface area contributed by atoms with Crippen molar-refractivity contribution in [3.63, 3.8) is 0 Å². The number of benzene rings is 2. The number of esters is 1. The van der Waals surface area contributed by atoms with Crippen molar-refractivity contribution < 1.29 is 19.1 Å². The third-order valence-electron chi connectivity index (χ3n) is 2.93. The molecule has 0 saturated carbocycles. The van der Waals surface area contributed by atoms with E-state index in [-0.39, 0.29) is 12.5 Å². The first-order valence-electron chi connectivity index (χ1n) is 7.16. The summed E-state index contributed by atoms with van der Waals surface area (Å²) in [5.74, 6) is 0.119. The molecule has 1 amide bonds. The topological polar surface area (TPSA) is 64.6 Å². The summed E-state index contributed by atoms with van der Waals surface area (Å²) in [6.45, 7) is 1.50. The first-order chi connectivity index (χ1) is 11.5. The Labute approximate surface area is 153 Å². The standard InChI is InChI=1S/C17H15BrClNO4/c1-2-16(21)20-12-4-6-13(7-5-12)24-17(22)10-23-15-8-3-11(18)9-14(15)19/h3-9H,2,10H2,1H3,(H,20,21). The van der Waals surface area contributed by atoms with Gasteiger partial charge in [0.05, 0.1) is 5.02 Å². The van der Waals surface area contributed by atoms with E-state index >= 15 is 0 Å². The Bertz CT molecular complexity index is 734. The summed E-state index contributed by atoms with van der Waals surface area (Å²) in [4.78, 5) is 23.1. The second-order valence-electron chi connectivity index (χ2n) is 4.76. The summed E-state index contributed by atoms with van der Waals surface area (Å²) in [5, 5.41) is 3.10. The third kappa shape index (κ3) is 5.54. The number of hydrogen-bond acceptors (Lipinski definition) is 4. The van der Waals surface area contributed by atoms with Gasteiger partial charge in [0.15, 0.2) is 6.61 Å². The summed E-state index contributed by atoms with van der Waals surface area (Å²) in [6, 6.07) is 11.6. The Hall–Kier alpha value is -2.05. The Kier molecular flexibility index (Phi) is 6.63. The van der Waals surface area contributed by atoms with Gasteiger partial charge in [0.1, 0.15) is 11.5 Å². The molecule has 5 nitrogen and oxygen atoms in total. The fraction of sp³-hybridized carbons (Fsp3) is 0.176. The van der Waals surface area contributed by atoms with Crippen LogP contribution in [0.15, 0.2) is 46.9 Å². The van der Waals surface area contributed by atoms with Gasteiger partial charge in [-0.25, -0.2) is 4.79 Å². The normalized spacial score (nSPS) is 10.1. The lowest BCUT2D eigenvalue weighted by Gasteiger charge is -2.09. The minimum Gasteiger partial charge on any atom is -0.480 e. The molecule has 2 rings (SSSR count). The van der Waals surface area contributed by atoms with Gasteiger partial charge in [0, 0.05) is 16.6 Å². The van der Waals surface area contributed by atoms with E-state index in [1.807, 2.05) is 0 Å². The van der Waals surface area contributed by atoms with E-state index in [1.165, 1.54) is 0 Å². The van der Waals surface area contributed by atoms with Gasteiger partial charge in [-0.2, -0.15) is 0 Å². The molecule has 126 valence electrons. The molecular weight excluding hydrogens is 398 g/mol. The smallest absolute Gasteiger partial charge is 0.349 e. The number of amides is 1. The van der Waals surface area contributed by atoms with Crippen LogP contribution >= 0.6 is 27.5 Å². The largest absolute Gasteiger partial charge is 0.480 e. The molecule has 0 spiro atoms. The first-order valence-corrected chi connectivity index (χ1v) is 8.33. The van der Waals surface area contributed by atoms with Gasteiger partial charge in [-0.1, -0.05) is 34.5 Å². The maximum Gasteiger partial charge on any atom is 0.349 e. The number of ether oxygens (including phenoxy) is 2. The predicted molar refractivity (Wildman–Crippen MR) is 95.6 cm³/mol. The average Bonchev–Trinajstić information content (AvgIpc) is 2.55. The van der Waals surface area contributed by atoms with Crippen LogP contribution in [0.2, 0.25) is 5.02 Å². The molecule has 0 atom stereocenters. The Morgan fingerprint density at radius 3 is 2.50 bits per heavy atom. The van der Waals surface area contributed by atoms with Crippen LogP contribution in [0.4, 0.5) is 5.69 Å². The third-order valence-corrected chi connectivity index (χ3v) is 3.72. The molecule has 0 aliphatic carbocycles. The van der Waals surface area contributed by atoms with Crippen LogP contribution in [0.25, 0.3) is 0 Å². The van der Waals surface area contributed by atoms with E-state index < -0.39 is 5.97 Å². The first kappa shape index (κ1) is 18.3. The highest BCUT2D eigenvalue weighted by molar-refractivity contribution is 9.10. The molecule has 0 radical (unpaired) electrons. The number of rotatable bonds is 6. The molecule has 0 aromatic heterocycles. The van der Waals surface area contributed by atoms with Gasteiger partial charge in [-0.3, -0.25) is 4.79 Å². The molecule has 0 heterocycles. The van der Waals surface area contributed by atoms with Crippen molar-refractivity contribution in [2.75, 3.05) is 11.9 Å². The predicted octanol–water partition coefficient (Wildman–Crippen LogP) is 4.44. The minimum absolute atomic E-state index is 0.0838. The van der Waals surface area contributed by atoms with E-state index in [0.29, 0.717) is 28.6 Å². The molecule has 0 aliphatic rings. The number of carbonyl (C=O) groups is 2. The molecular formula is C17H15BrClNO4. The zero-order valence-corrected chi connectivity index (χ0v) is 15.2. The molecule has 0 bridgehead atoms. The quantitative estimate of drug-likeness (QED) is 0.563. The van der Waals surface area contributed by atoms with Crippen molar-refractivity contribution in [3.8, 4) is 11.5 Å². The monoisotopic (exact) mass is 411 g/mol. The minimum atomic E-state index is -0.556. The van der Waals surface area contributed by atoms with E-state index in [0.717, 1.165) is 4.47 Å². The number of anilines is 1. The van der Waals surface area contributed by atoms with Crippen molar-refractivity contribution in [1.82, 2.24) is 0 Å². The Morgan fingerprint density at radius 1 is 1.17 bits per heavy atom. The lowest BCUT2D eigenvalue weighted by atomic mass is 10.3. The van der Waals surface area contributed by atoms with Crippen molar-refractivity contribution in [2.45, 2.75) is 13.3 Å². The average molecular weight is 413 g/mol. The van der Waals surface area contributed by atoms with Crippen LogP contribution in [-0.4, -0.2) is 18.5 Å². The van der Waals surface area contributed by atoms with Gasteiger partial charge in [-0.15, -0.1) is 0 Å². The highest BCUT2D eigenvalue weighted by atomic mass is 79.9. The molecule has 24 heavy (non-hydrogen) atoms. The molecule has 1 N–H and O–H groups in total. The molecule has 0 unspecified atom stereocenters. The SMILES string of the molecule is CCC(=O)Nc1ccc(OC(=O)COc2ccc(Br)cc2Cl)cc1. The van der Waals surface area contributed by atoms with E-state index in [1.54, 1.807) is 49.4 Å². The van der Waals surface area contributed by atoms with Crippen molar-refractivity contribution in [2.24, 2.45) is 0 Å². The fourth-order valence-corrected chi connectivity index (χ4v) is 2.47. The van der Waals surface area contributed by atoms with Gasteiger partial charge in [-0.05, 0) is 42.5 Å². The van der Waals surface area contributed by atoms with Gasteiger partial charge < -0.3 is 14.8 Å². The van der Waals surface area contributed by atoms with Crippen LogP contribution in [0.1, 0.15) is 13.3 Å². The summed E-state index contributed by atoms with van der Waals surface area (Å²) in [7, 11) is 0. The second-order valence-corrected chi connectivity index (χ2v) is 6.09. The van der Waals surface area contributed by atoms with Gasteiger partial charge >= 0.3 is 5.97 Å². The van der Waals surface area contributed by atoms with Crippen molar-refractivity contribution in [3.05, 3.63) is 52.0 Å². The molecule has 0 fully saturated rings. The maximum absolute atomic E-state index is 11.8. The number of nitrogens with one attached hydrogen (secondary N) is 1. The summed E-state index contributed by atoms with van der Waals surface area (Å²) < 4.78 is 11.3. The highest BCUT2D eigenvalue weighted by Gasteiger charge is 2.09. The fourth-order valence-electron chi connectivity index (χ4n) is 1.75. The van der Waals surface area contributed by atoms with Gasteiger partial charge in [0.25, 0.3) is 0 Å². The summed E-state index contributed by atoms with van der Waals surface area (Å²) in [5.41, 5.74) is 0.638. The molecule has 2 aromatic rings. The van der Waals surface area contributed by atoms with Crippen LogP contribution < -0.4 is 14.8 Å². The van der Waals surface area contributed by atoms with E-state index in [9.17, 15) is 9.59 Å². The lowest BCUT2D eigenvalue weighted by molar-refractivity contribution is -0.136. The van der Waals surface area contributed by atoms with Crippen LogP contribution in [-0.2, 0) is 9.59 Å². The zero-order valence-electron chi connectivity index (χ0n) is 12.8. The molecule has 0 aliphatic heterocycles. The van der Waals surface area contributed by atoms with Crippen LogP contribution in [0.3, 0.4) is 0 Å². The summed E-state index contributed by atoms with van der Waals surface area (Å²) >= 11 is 9.29. The highest BCUT2D eigenvalue weighted by Crippen LogP contribution is 2.27. The van der Waals surface area contributed by atoms with E-state index in [4.69, 9.17) is 21.1 Å². The van der Waals surface area contributed by atoms with E-state index in [2.05, 4.69) is 21.2 Å². The Balaban J connectivity index is 1.86. The van der Waals surface area contributed by atoms with Crippen LogP contribution in [0.5, 0.6) is 11.5 Å². The molecule has 7 heteroatoms.